The number of benzene rings is 2. The van der Waals surface area contributed by atoms with Crippen molar-refractivity contribution in [2.24, 2.45) is 0 Å². The SMILES string of the molecule is COC(=O)[C@H](CCSC)NC(=O)c1cccc(CNCc2cncn2Cc2ccc(C#N)cc2)c1. The van der Waals surface area contributed by atoms with Crippen molar-refractivity contribution in [1.29, 1.82) is 5.26 Å². The molecule has 0 unspecified atom stereocenters. The second-order valence-corrected chi connectivity index (χ2v) is 8.94. The number of imidazole rings is 1. The summed E-state index contributed by atoms with van der Waals surface area (Å²) in [5, 5.41) is 15.1. The lowest BCUT2D eigenvalue weighted by Crippen LogP contribution is -2.42. The summed E-state index contributed by atoms with van der Waals surface area (Å²) in [5.41, 5.74) is 4.20. The van der Waals surface area contributed by atoms with Crippen molar-refractivity contribution in [3.05, 3.63) is 89.0 Å². The largest absolute Gasteiger partial charge is 0.467 e. The summed E-state index contributed by atoms with van der Waals surface area (Å²) in [4.78, 5) is 29.0. The molecule has 8 nitrogen and oxygen atoms in total. The van der Waals surface area contributed by atoms with E-state index in [0.29, 0.717) is 37.2 Å². The lowest BCUT2D eigenvalue weighted by Gasteiger charge is -2.16. The number of amides is 1. The van der Waals surface area contributed by atoms with Crippen LogP contribution in [0.15, 0.2) is 61.1 Å². The first-order valence-electron chi connectivity index (χ1n) is 11.2. The summed E-state index contributed by atoms with van der Waals surface area (Å²) in [6, 6.07) is 16.3. The van der Waals surface area contributed by atoms with Gasteiger partial charge < -0.3 is 19.9 Å². The number of hydrogen-bond donors (Lipinski definition) is 2. The third-order valence-corrected chi connectivity index (χ3v) is 6.10. The molecule has 2 N–H and O–H groups in total. The van der Waals surface area contributed by atoms with Crippen LogP contribution in [0.3, 0.4) is 0 Å². The van der Waals surface area contributed by atoms with Crippen molar-refractivity contribution in [2.75, 3.05) is 19.1 Å². The van der Waals surface area contributed by atoms with Crippen molar-refractivity contribution in [3.8, 4) is 6.07 Å². The van der Waals surface area contributed by atoms with Crippen LogP contribution in [0.4, 0.5) is 0 Å². The minimum atomic E-state index is -0.668. The van der Waals surface area contributed by atoms with Gasteiger partial charge in [0.2, 0.25) is 0 Å². The Hall–Kier alpha value is -3.61. The van der Waals surface area contributed by atoms with Crippen LogP contribution in [0.2, 0.25) is 0 Å². The van der Waals surface area contributed by atoms with E-state index >= 15 is 0 Å². The molecule has 0 radical (unpaired) electrons. The topological polar surface area (TPSA) is 109 Å². The number of carbonyl (C=O) groups is 2. The number of methoxy groups -OCH3 is 1. The number of nitrogens with one attached hydrogen (secondary N) is 2. The van der Waals surface area contributed by atoms with Gasteiger partial charge in [0.25, 0.3) is 5.91 Å². The first-order chi connectivity index (χ1) is 17.0. The maximum Gasteiger partial charge on any atom is 0.328 e. The van der Waals surface area contributed by atoms with Gasteiger partial charge in [-0.3, -0.25) is 4.79 Å². The molecule has 0 saturated carbocycles. The summed E-state index contributed by atoms with van der Waals surface area (Å²) in [6.07, 6.45) is 6.07. The number of thioether (sulfide) groups is 1. The second kappa shape index (κ2) is 13.3. The maximum atomic E-state index is 12.7. The Morgan fingerprint density at radius 1 is 1.17 bits per heavy atom. The van der Waals surface area contributed by atoms with Crippen LogP contribution in [0.1, 0.15) is 39.2 Å². The molecule has 9 heteroatoms. The molecule has 182 valence electrons. The van der Waals surface area contributed by atoms with Gasteiger partial charge in [-0.2, -0.15) is 17.0 Å². The third kappa shape index (κ3) is 7.70. The maximum absolute atomic E-state index is 12.7. The van der Waals surface area contributed by atoms with Gasteiger partial charge in [0.1, 0.15) is 6.04 Å². The number of esters is 1. The predicted octanol–water partition coefficient (Wildman–Crippen LogP) is 3.12. The number of ether oxygens (including phenoxy) is 1. The molecular weight excluding hydrogens is 462 g/mol. The highest BCUT2D eigenvalue weighted by molar-refractivity contribution is 7.98. The number of hydrogen-bond acceptors (Lipinski definition) is 7. The third-order valence-electron chi connectivity index (χ3n) is 5.46. The van der Waals surface area contributed by atoms with E-state index in [0.717, 1.165) is 22.6 Å². The first-order valence-corrected chi connectivity index (χ1v) is 12.6. The zero-order chi connectivity index (χ0) is 25.0. The number of nitrogens with zero attached hydrogens (tertiary/aromatic N) is 3. The minimum Gasteiger partial charge on any atom is -0.467 e. The normalized spacial score (nSPS) is 11.5. The molecule has 3 rings (SSSR count). The van der Waals surface area contributed by atoms with Gasteiger partial charge in [-0.05, 0) is 53.8 Å². The van der Waals surface area contributed by atoms with Gasteiger partial charge in [0.05, 0.1) is 30.8 Å². The second-order valence-electron chi connectivity index (χ2n) is 7.96. The molecule has 1 amide bonds. The molecule has 1 heterocycles. The molecule has 2 aromatic carbocycles. The molecule has 3 aromatic rings. The highest BCUT2D eigenvalue weighted by Gasteiger charge is 2.21. The van der Waals surface area contributed by atoms with E-state index < -0.39 is 12.0 Å². The molecule has 0 saturated heterocycles. The van der Waals surface area contributed by atoms with Crippen LogP contribution >= 0.6 is 11.8 Å². The van der Waals surface area contributed by atoms with Crippen molar-refractivity contribution in [1.82, 2.24) is 20.2 Å². The highest BCUT2D eigenvalue weighted by Crippen LogP contribution is 2.10. The number of nitriles is 1. The number of carbonyl (C=O) groups excluding carboxylic acids is 2. The summed E-state index contributed by atoms with van der Waals surface area (Å²) in [7, 11) is 1.32. The zero-order valence-electron chi connectivity index (χ0n) is 19.9. The summed E-state index contributed by atoms with van der Waals surface area (Å²) < 4.78 is 6.88. The van der Waals surface area contributed by atoms with E-state index in [1.165, 1.54) is 7.11 Å². The fraction of sp³-hybridized carbons (Fsp3) is 0.308. The molecular formula is C26H29N5O3S. The Kier molecular flexibility index (Phi) is 9.90. The monoisotopic (exact) mass is 491 g/mol. The van der Waals surface area contributed by atoms with E-state index in [1.54, 1.807) is 24.2 Å². The van der Waals surface area contributed by atoms with E-state index in [9.17, 15) is 9.59 Å². The van der Waals surface area contributed by atoms with E-state index in [-0.39, 0.29) is 5.91 Å². The fourth-order valence-electron chi connectivity index (χ4n) is 3.55. The number of rotatable bonds is 12. The predicted molar refractivity (Wildman–Crippen MR) is 136 cm³/mol. The molecule has 0 fully saturated rings. The molecule has 0 aliphatic carbocycles. The Balaban J connectivity index is 1.56. The van der Waals surface area contributed by atoms with Crippen LogP contribution in [-0.4, -0.2) is 46.6 Å². The van der Waals surface area contributed by atoms with Crippen LogP contribution in [-0.2, 0) is 29.2 Å². The molecule has 0 spiro atoms. The van der Waals surface area contributed by atoms with Crippen molar-refractivity contribution < 1.29 is 14.3 Å². The summed E-state index contributed by atoms with van der Waals surface area (Å²) in [6.45, 7) is 1.83. The standard InChI is InChI=1S/C26H29N5O3S/c1-34-26(33)24(10-11-35-2)30-25(32)22-5-3-4-21(12-22)14-28-15-23-16-29-18-31(23)17-20-8-6-19(13-27)7-9-20/h3-9,12,16,18,24,28H,10-11,14-15,17H2,1-2H3,(H,30,32)/t24-/m0/s1. The van der Waals surface area contributed by atoms with Crippen molar-refractivity contribution in [3.63, 3.8) is 0 Å². The van der Waals surface area contributed by atoms with Gasteiger partial charge in [-0.1, -0.05) is 24.3 Å². The van der Waals surface area contributed by atoms with Gasteiger partial charge in [-0.25, -0.2) is 9.78 Å². The average molecular weight is 492 g/mol. The zero-order valence-corrected chi connectivity index (χ0v) is 20.7. The van der Waals surface area contributed by atoms with E-state index in [1.807, 2.05) is 54.9 Å². The quantitative estimate of drug-likeness (QED) is 0.375. The van der Waals surface area contributed by atoms with E-state index in [4.69, 9.17) is 10.00 Å². The Bertz CT molecular complexity index is 1170. The van der Waals surface area contributed by atoms with Gasteiger partial charge in [0.15, 0.2) is 0 Å². The number of aromatic nitrogens is 2. The highest BCUT2D eigenvalue weighted by atomic mass is 32.2. The molecule has 1 aromatic heterocycles. The first kappa shape index (κ1) is 26.0. The molecule has 35 heavy (non-hydrogen) atoms. The van der Waals surface area contributed by atoms with Crippen LogP contribution in [0.5, 0.6) is 0 Å². The smallest absolute Gasteiger partial charge is 0.328 e. The minimum absolute atomic E-state index is 0.302. The van der Waals surface area contributed by atoms with Gasteiger partial charge >= 0.3 is 5.97 Å². The molecule has 0 bridgehead atoms. The lowest BCUT2D eigenvalue weighted by molar-refractivity contribution is -0.142. The molecule has 0 aliphatic heterocycles. The van der Waals surface area contributed by atoms with Gasteiger partial charge in [0, 0.05) is 31.4 Å². The van der Waals surface area contributed by atoms with Crippen LogP contribution in [0.25, 0.3) is 0 Å². The van der Waals surface area contributed by atoms with Crippen molar-refractivity contribution >= 4 is 23.6 Å². The Morgan fingerprint density at radius 2 is 1.97 bits per heavy atom. The van der Waals surface area contributed by atoms with Crippen LogP contribution < -0.4 is 10.6 Å². The van der Waals surface area contributed by atoms with Crippen LogP contribution in [0, 0.1) is 11.3 Å². The molecule has 0 aliphatic rings. The van der Waals surface area contributed by atoms with Crippen molar-refractivity contribution in [2.45, 2.75) is 32.1 Å². The van der Waals surface area contributed by atoms with Gasteiger partial charge in [-0.15, -0.1) is 0 Å². The van der Waals surface area contributed by atoms with E-state index in [2.05, 4.69) is 26.3 Å². The lowest BCUT2D eigenvalue weighted by atomic mass is 10.1. The Morgan fingerprint density at radius 3 is 2.69 bits per heavy atom. The summed E-state index contributed by atoms with van der Waals surface area (Å²) >= 11 is 1.61. The fourth-order valence-corrected chi connectivity index (χ4v) is 4.02. The summed E-state index contributed by atoms with van der Waals surface area (Å²) in [5.74, 6) is -0.00198. The molecule has 1 atom stereocenters. The average Bonchev–Trinajstić information content (AvgIpc) is 3.33. The Labute approximate surface area is 209 Å².